The Hall–Kier alpha value is -2.18. The highest BCUT2D eigenvalue weighted by molar-refractivity contribution is 6.31. The monoisotopic (exact) mass is 353 g/mol. The van der Waals surface area contributed by atoms with E-state index in [0.29, 0.717) is 53.7 Å². The number of anilines is 1. The maximum absolute atomic E-state index is 11.6. The Morgan fingerprint density at radius 3 is 2.83 bits per heavy atom. The fraction of sp³-hybridized carbons (Fsp3) is 0.353. The first kappa shape index (κ1) is 18.2. The predicted octanol–water partition coefficient (Wildman–Crippen LogP) is 4.14. The third-order valence-corrected chi connectivity index (χ3v) is 3.67. The quantitative estimate of drug-likeness (QED) is 0.539. The van der Waals surface area contributed by atoms with Crippen LogP contribution in [0.15, 0.2) is 35.1 Å². The number of ether oxygens (including phenoxy) is 2. The van der Waals surface area contributed by atoms with E-state index in [4.69, 9.17) is 25.5 Å². The summed E-state index contributed by atoms with van der Waals surface area (Å²) >= 11 is 6.07. The minimum atomic E-state index is -1.17. The molecule has 0 spiro atoms. The van der Waals surface area contributed by atoms with E-state index in [1.54, 1.807) is 30.2 Å². The van der Waals surface area contributed by atoms with Crippen molar-refractivity contribution in [2.75, 3.05) is 31.8 Å². The summed E-state index contributed by atoms with van der Waals surface area (Å²) in [6, 6.07) is 4.96. The van der Waals surface area contributed by atoms with Crippen LogP contribution >= 0.6 is 11.6 Å². The SMILES string of the molecule is C=C(OCC)N(CCCOC)c1c(C(=O)O)oc2ccc(Cl)cc12. The van der Waals surface area contributed by atoms with Gasteiger partial charge in [-0.15, -0.1) is 0 Å². The second-order valence-corrected chi connectivity index (χ2v) is 5.49. The largest absolute Gasteiger partial charge is 0.480 e. The molecule has 0 amide bonds. The Morgan fingerprint density at radius 2 is 2.21 bits per heavy atom. The van der Waals surface area contributed by atoms with Gasteiger partial charge in [0, 0.05) is 30.7 Å². The average Bonchev–Trinajstić information content (AvgIpc) is 2.90. The summed E-state index contributed by atoms with van der Waals surface area (Å²) in [6.07, 6.45) is 0.662. The summed E-state index contributed by atoms with van der Waals surface area (Å²) in [5.74, 6) is -0.998. The zero-order valence-electron chi connectivity index (χ0n) is 13.7. The van der Waals surface area contributed by atoms with Crippen LogP contribution in [0.5, 0.6) is 0 Å². The highest BCUT2D eigenvalue weighted by Gasteiger charge is 2.27. The number of halogens is 1. The maximum Gasteiger partial charge on any atom is 0.374 e. The van der Waals surface area contributed by atoms with Crippen molar-refractivity contribution >= 4 is 34.2 Å². The zero-order chi connectivity index (χ0) is 17.7. The molecule has 1 heterocycles. The molecule has 2 rings (SSSR count). The average molecular weight is 354 g/mol. The van der Waals surface area contributed by atoms with E-state index in [1.165, 1.54) is 0 Å². The zero-order valence-corrected chi connectivity index (χ0v) is 14.4. The van der Waals surface area contributed by atoms with Gasteiger partial charge in [0.2, 0.25) is 5.76 Å². The molecule has 0 saturated carbocycles. The molecule has 0 aliphatic carbocycles. The second kappa shape index (κ2) is 8.08. The Kier molecular flexibility index (Phi) is 6.11. The lowest BCUT2D eigenvalue weighted by atomic mass is 10.2. The van der Waals surface area contributed by atoms with E-state index in [1.807, 2.05) is 6.92 Å². The fourth-order valence-corrected chi connectivity index (χ4v) is 2.61. The molecule has 0 saturated heterocycles. The van der Waals surface area contributed by atoms with Gasteiger partial charge in [0.1, 0.15) is 11.3 Å². The first-order valence-corrected chi connectivity index (χ1v) is 7.90. The molecule has 24 heavy (non-hydrogen) atoms. The molecule has 2 aromatic rings. The minimum Gasteiger partial charge on any atom is -0.480 e. The summed E-state index contributed by atoms with van der Waals surface area (Å²) in [6.45, 7) is 7.14. The van der Waals surface area contributed by atoms with E-state index in [-0.39, 0.29) is 5.76 Å². The van der Waals surface area contributed by atoms with E-state index in [9.17, 15) is 9.90 Å². The Labute approximate surface area is 145 Å². The molecule has 0 aliphatic heterocycles. The van der Waals surface area contributed by atoms with Crippen LogP contribution in [0.2, 0.25) is 5.02 Å². The molecule has 0 unspecified atom stereocenters. The van der Waals surface area contributed by atoms with Gasteiger partial charge in [-0.3, -0.25) is 0 Å². The topological polar surface area (TPSA) is 72.1 Å². The van der Waals surface area contributed by atoms with Gasteiger partial charge in [-0.2, -0.15) is 0 Å². The number of carboxylic acids is 1. The lowest BCUT2D eigenvalue weighted by Crippen LogP contribution is -2.27. The van der Waals surface area contributed by atoms with Gasteiger partial charge >= 0.3 is 5.97 Å². The van der Waals surface area contributed by atoms with Crippen molar-refractivity contribution < 1.29 is 23.8 Å². The Bertz CT molecular complexity index is 740. The van der Waals surface area contributed by atoms with Crippen LogP contribution in [-0.4, -0.2) is 37.9 Å². The van der Waals surface area contributed by atoms with Crippen molar-refractivity contribution in [1.82, 2.24) is 0 Å². The number of furan rings is 1. The molecule has 0 atom stereocenters. The van der Waals surface area contributed by atoms with Crippen LogP contribution in [0.4, 0.5) is 5.69 Å². The van der Waals surface area contributed by atoms with E-state index in [2.05, 4.69) is 6.58 Å². The van der Waals surface area contributed by atoms with E-state index < -0.39 is 5.97 Å². The molecule has 130 valence electrons. The Morgan fingerprint density at radius 1 is 1.46 bits per heavy atom. The number of carboxylic acid groups (broad SMARTS) is 1. The van der Waals surface area contributed by atoms with Gasteiger partial charge in [-0.05, 0) is 38.1 Å². The number of nitrogens with zero attached hydrogens (tertiary/aromatic N) is 1. The summed E-state index contributed by atoms with van der Waals surface area (Å²) < 4.78 is 16.1. The van der Waals surface area contributed by atoms with Gasteiger partial charge in [0.15, 0.2) is 5.88 Å². The molecular weight excluding hydrogens is 334 g/mol. The van der Waals surface area contributed by atoms with Crippen molar-refractivity contribution in [3.63, 3.8) is 0 Å². The molecule has 1 aromatic carbocycles. The molecule has 0 bridgehead atoms. The van der Waals surface area contributed by atoms with E-state index >= 15 is 0 Å². The van der Waals surface area contributed by atoms with Gasteiger partial charge < -0.3 is 23.9 Å². The Balaban J connectivity index is 2.57. The van der Waals surface area contributed by atoms with Crippen molar-refractivity contribution in [2.24, 2.45) is 0 Å². The second-order valence-electron chi connectivity index (χ2n) is 5.05. The number of benzene rings is 1. The molecule has 7 heteroatoms. The van der Waals surface area contributed by atoms with Gasteiger partial charge in [-0.1, -0.05) is 11.6 Å². The summed E-state index contributed by atoms with van der Waals surface area (Å²) in [5.41, 5.74) is 0.822. The lowest BCUT2D eigenvalue weighted by molar-refractivity contribution is 0.0665. The van der Waals surface area contributed by atoms with Crippen LogP contribution < -0.4 is 4.90 Å². The molecular formula is C17H20ClNO5. The first-order valence-electron chi connectivity index (χ1n) is 7.53. The molecule has 1 N–H and O–H groups in total. The van der Waals surface area contributed by atoms with Crippen molar-refractivity contribution in [1.29, 1.82) is 0 Å². The van der Waals surface area contributed by atoms with Crippen molar-refractivity contribution in [3.8, 4) is 0 Å². The number of hydrogen-bond donors (Lipinski definition) is 1. The molecule has 0 aliphatic rings. The lowest BCUT2D eigenvalue weighted by Gasteiger charge is -2.25. The summed E-state index contributed by atoms with van der Waals surface area (Å²) in [4.78, 5) is 13.3. The molecule has 0 radical (unpaired) electrons. The fourth-order valence-electron chi connectivity index (χ4n) is 2.44. The summed E-state index contributed by atoms with van der Waals surface area (Å²) in [5, 5.41) is 10.6. The van der Waals surface area contributed by atoms with Crippen LogP contribution in [-0.2, 0) is 9.47 Å². The van der Waals surface area contributed by atoms with Crippen LogP contribution in [0.3, 0.4) is 0 Å². The third-order valence-electron chi connectivity index (χ3n) is 3.43. The molecule has 6 nitrogen and oxygen atoms in total. The predicted molar refractivity (Wildman–Crippen MR) is 92.8 cm³/mol. The number of carbonyl (C=O) groups is 1. The number of rotatable bonds is 9. The highest BCUT2D eigenvalue weighted by atomic mass is 35.5. The van der Waals surface area contributed by atoms with Crippen LogP contribution in [0.1, 0.15) is 23.9 Å². The van der Waals surface area contributed by atoms with Gasteiger partial charge in [0.05, 0.1) is 6.61 Å². The summed E-state index contributed by atoms with van der Waals surface area (Å²) in [7, 11) is 1.61. The van der Waals surface area contributed by atoms with Crippen LogP contribution in [0, 0.1) is 0 Å². The maximum atomic E-state index is 11.6. The number of methoxy groups -OCH3 is 1. The normalized spacial score (nSPS) is 10.8. The number of aromatic carboxylic acids is 1. The smallest absolute Gasteiger partial charge is 0.374 e. The van der Waals surface area contributed by atoms with Gasteiger partial charge in [0.25, 0.3) is 0 Å². The van der Waals surface area contributed by atoms with Crippen molar-refractivity contribution in [3.05, 3.63) is 41.4 Å². The van der Waals surface area contributed by atoms with Crippen molar-refractivity contribution in [2.45, 2.75) is 13.3 Å². The molecule has 0 fully saturated rings. The molecule has 1 aromatic heterocycles. The van der Waals surface area contributed by atoms with Crippen LogP contribution in [0.25, 0.3) is 11.0 Å². The minimum absolute atomic E-state index is 0.175. The van der Waals surface area contributed by atoms with E-state index in [0.717, 1.165) is 0 Å². The highest BCUT2D eigenvalue weighted by Crippen LogP contribution is 2.37. The number of fused-ring (bicyclic) bond motifs is 1. The standard InChI is InChI=1S/C17H20ClNO5/c1-4-23-11(2)19(8-5-9-22-3)15-13-10-12(18)6-7-14(13)24-16(15)17(20)21/h6-7,10H,2,4-5,8-9H2,1,3H3,(H,20,21). The first-order chi connectivity index (χ1) is 11.5. The van der Waals surface area contributed by atoms with Gasteiger partial charge in [-0.25, -0.2) is 4.79 Å². The number of hydrogen-bond acceptors (Lipinski definition) is 5. The third kappa shape index (κ3) is 3.83.